The Kier molecular flexibility index (Phi) is 4.53. The van der Waals surface area contributed by atoms with Crippen molar-refractivity contribution < 1.29 is 9.53 Å². The average Bonchev–Trinajstić information content (AvgIpc) is 2.31. The lowest BCUT2D eigenvalue weighted by atomic mass is 9.83. The number of methoxy groups -OCH3 is 1. The van der Waals surface area contributed by atoms with Crippen LogP contribution in [0.3, 0.4) is 0 Å². The standard InChI is InChI=1S/C12H21NO2S/c1-15-12(9-5-3-2-4-6-9)10-7-16-8-11(14)13-10/h9-10,12H,2-8H2,1H3,(H,13,14)/t10-,12?/m0/s1. The molecule has 0 aromatic carbocycles. The van der Waals surface area contributed by atoms with Gasteiger partial charge < -0.3 is 10.1 Å². The second-order valence-corrected chi connectivity index (χ2v) is 5.82. The number of hydrogen-bond acceptors (Lipinski definition) is 3. The van der Waals surface area contributed by atoms with Crippen LogP contribution in [0.5, 0.6) is 0 Å². The van der Waals surface area contributed by atoms with Crippen molar-refractivity contribution in [2.75, 3.05) is 18.6 Å². The first-order valence-electron chi connectivity index (χ1n) is 6.21. The predicted molar refractivity (Wildman–Crippen MR) is 66.6 cm³/mol. The van der Waals surface area contributed by atoms with Crippen molar-refractivity contribution in [1.82, 2.24) is 5.32 Å². The zero-order valence-electron chi connectivity index (χ0n) is 9.91. The van der Waals surface area contributed by atoms with Crippen LogP contribution in [-0.2, 0) is 9.53 Å². The highest BCUT2D eigenvalue weighted by Crippen LogP contribution is 2.30. The van der Waals surface area contributed by atoms with Crippen LogP contribution in [0.2, 0.25) is 0 Å². The van der Waals surface area contributed by atoms with E-state index in [0.29, 0.717) is 11.7 Å². The predicted octanol–water partition coefficient (Wildman–Crippen LogP) is 1.81. The molecule has 92 valence electrons. The van der Waals surface area contributed by atoms with Crippen LogP contribution in [-0.4, -0.2) is 36.7 Å². The molecule has 0 aromatic heterocycles. The summed E-state index contributed by atoms with van der Waals surface area (Å²) in [5.74, 6) is 2.42. The van der Waals surface area contributed by atoms with Gasteiger partial charge in [-0.3, -0.25) is 4.79 Å². The molecular formula is C12H21NO2S. The molecule has 4 heteroatoms. The van der Waals surface area contributed by atoms with E-state index in [1.54, 1.807) is 18.9 Å². The molecule has 1 saturated carbocycles. The second kappa shape index (κ2) is 5.92. The Morgan fingerprint density at radius 3 is 2.75 bits per heavy atom. The maximum absolute atomic E-state index is 11.4. The van der Waals surface area contributed by atoms with Gasteiger partial charge in [0.15, 0.2) is 0 Å². The first kappa shape index (κ1) is 12.2. The monoisotopic (exact) mass is 243 g/mol. The largest absolute Gasteiger partial charge is 0.379 e. The fraction of sp³-hybridized carbons (Fsp3) is 0.917. The van der Waals surface area contributed by atoms with E-state index in [1.807, 2.05) is 0 Å². The molecule has 1 N–H and O–H groups in total. The van der Waals surface area contributed by atoms with Crippen molar-refractivity contribution in [3.8, 4) is 0 Å². The van der Waals surface area contributed by atoms with Crippen molar-refractivity contribution in [3.63, 3.8) is 0 Å². The molecule has 2 atom stereocenters. The molecule has 0 radical (unpaired) electrons. The highest BCUT2D eigenvalue weighted by Gasteiger charge is 2.33. The smallest absolute Gasteiger partial charge is 0.230 e. The summed E-state index contributed by atoms with van der Waals surface area (Å²) in [6, 6.07) is 0.222. The van der Waals surface area contributed by atoms with Gasteiger partial charge in [0, 0.05) is 12.9 Å². The maximum Gasteiger partial charge on any atom is 0.230 e. The molecule has 1 saturated heterocycles. The minimum absolute atomic E-state index is 0.166. The zero-order valence-corrected chi connectivity index (χ0v) is 10.7. The van der Waals surface area contributed by atoms with Gasteiger partial charge in [-0.25, -0.2) is 0 Å². The van der Waals surface area contributed by atoms with Crippen LogP contribution < -0.4 is 5.32 Å². The van der Waals surface area contributed by atoms with Gasteiger partial charge in [0.05, 0.1) is 17.9 Å². The number of amides is 1. The Balaban J connectivity index is 1.94. The second-order valence-electron chi connectivity index (χ2n) is 4.79. The Hall–Kier alpha value is -0.220. The van der Waals surface area contributed by atoms with Gasteiger partial charge in [-0.15, -0.1) is 11.8 Å². The van der Waals surface area contributed by atoms with Crippen LogP contribution in [0.25, 0.3) is 0 Å². The van der Waals surface area contributed by atoms with E-state index in [1.165, 1.54) is 32.1 Å². The van der Waals surface area contributed by atoms with Crippen molar-refractivity contribution in [2.24, 2.45) is 5.92 Å². The van der Waals surface area contributed by atoms with Gasteiger partial charge >= 0.3 is 0 Å². The van der Waals surface area contributed by atoms with Crippen molar-refractivity contribution >= 4 is 17.7 Å². The van der Waals surface area contributed by atoms with Crippen molar-refractivity contribution in [2.45, 2.75) is 44.2 Å². The fourth-order valence-electron chi connectivity index (χ4n) is 2.89. The third kappa shape index (κ3) is 2.92. The summed E-state index contributed by atoms with van der Waals surface area (Å²) >= 11 is 1.73. The third-order valence-electron chi connectivity index (χ3n) is 3.66. The molecule has 1 amide bonds. The average molecular weight is 243 g/mol. The fourth-order valence-corrected chi connectivity index (χ4v) is 3.81. The number of thioether (sulfide) groups is 1. The van der Waals surface area contributed by atoms with Gasteiger partial charge in [-0.05, 0) is 18.8 Å². The Morgan fingerprint density at radius 2 is 2.12 bits per heavy atom. The van der Waals surface area contributed by atoms with E-state index in [9.17, 15) is 4.79 Å². The maximum atomic E-state index is 11.4. The van der Waals surface area contributed by atoms with E-state index < -0.39 is 0 Å². The minimum atomic E-state index is 0.166. The van der Waals surface area contributed by atoms with Crippen molar-refractivity contribution in [1.29, 1.82) is 0 Å². The van der Waals surface area contributed by atoms with Crippen molar-refractivity contribution in [3.05, 3.63) is 0 Å². The van der Waals surface area contributed by atoms with Crippen LogP contribution >= 0.6 is 11.8 Å². The van der Waals surface area contributed by atoms with E-state index in [-0.39, 0.29) is 18.1 Å². The summed E-state index contributed by atoms with van der Waals surface area (Å²) in [4.78, 5) is 11.4. The van der Waals surface area contributed by atoms with E-state index in [0.717, 1.165) is 5.75 Å². The van der Waals surface area contributed by atoms with E-state index in [4.69, 9.17) is 4.74 Å². The molecule has 0 bridgehead atoms. The normalized spacial score (nSPS) is 29.8. The molecule has 0 aromatic rings. The number of hydrogen-bond donors (Lipinski definition) is 1. The summed E-state index contributed by atoms with van der Waals surface area (Å²) < 4.78 is 5.65. The topological polar surface area (TPSA) is 38.3 Å². The lowest BCUT2D eigenvalue weighted by molar-refractivity contribution is -0.120. The van der Waals surface area contributed by atoms with Crippen LogP contribution in [0.1, 0.15) is 32.1 Å². The summed E-state index contributed by atoms with van der Waals surface area (Å²) in [6.45, 7) is 0. The molecule has 0 spiro atoms. The van der Waals surface area contributed by atoms with Gasteiger partial charge in [-0.2, -0.15) is 0 Å². The molecule has 1 aliphatic carbocycles. The van der Waals surface area contributed by atoms with Gasteiger partial charge in [-0.1, -0.05) is 19.3 Å². The third-order valence-corrected chi connectivity index (χ3v) is 4.72. The summed E-state index contributed by atoms with van der Waals surface area (Å²) in [5, 5.41) is 3.08. The van der Waals surface area contributed by atoms with Crippen LogP contribution in [0, 0.1) is 5.92 Å². The Bertz CT molecular complexity index is 241. The minimum Gasteiger partial charge on any atom is -0.379 e. The number of carbonyl (C=O) groups excluding carboxylic acids is 1. The number of nitrogens with one attached hydrogen (secondary N) is 1. The molecule has 2 rings (SSSR count). The summed E-state index contributed by atoms with van der Waals surface area (Å²) in [7, 11) is 1.78. The molecule has 1 heterocycles. The lowest BCUT2D eigenvalue weighted by Crippen LogP contribution is -2.52. The van der Waals surface area contributed by atoms with E-state index in [2.05, 4.69) is 5.32 Å². The number of carbonyl (C=O) groups is 1. The molecule has 1 aliphatic heterocycles. The highest BCUT2D eigenvalue weighted by molar-refractivity contribution is 8.00. The molecule has 3 nitrogen and oxygen atoms in total. The Labute approximate surface area is 102 Å². The Morgan fingerprint density at radius 1 is 1.38 bits per heavy atom. The molecule has 2 aliphatic rings. The number of ether oxygens (including phenoxy) is 1. The summed E-state index contributed by atoms with van der Waals surface area (Å²) in [6.07, 6.45) is 6.73. The molecule has 2 fully saturated rings. The van der Waals surface area contributed by atoms with Gasteiger partial charge in [0.25, 0.3) is 0 Å². The lowest BCUT2D eigenvalue weighted by Gasteiger charge is -2.36. The molecule has 1 unspecified atom stereocenters. The zero-order chi connectivity index (χ0) is 11.4. The summed E-state index contributed by atoms with van der Waals surface area (Å²) in [5.41, 5.74) is 0. The van der Waals surface area contributed by atoms with Crippen LogP contribution in [0.4, 0.5) is 0 Å². The quantitative estimate of drug-likeness (QED) is 0.821. The highest BCUT2D eigenvalue weighted by atomic mass is 32.2. The van der Waals surface area contributed by atoms with Crippen LogP contribution in [0.15, 0.2) is 0 Å². The molecule has 16 heavy (non-hydrogen) atoms. The van der Waals surface area contributed by atoms with Gasteiger partial charge in [0.2, 0.25) is 5.91 Å². The van der Waals surface area contributed by atoms with Gasteiger partial charge in [0.1, 0.15) is 0 Å². The van der Waals surface area contributed by atoms with E-state index >= 15 is 0 Å². The number of rotatable bonds is 3. The molecular weight excluding hydrogens is 222 g/mol. The SMILES string of the molecule is COC(C1CCCCC1)[C@@H]1CSCC(=O)N1. The first-order chi connectivity index (χ1) is 7.81. The first-order valence-corrected chi connectivity index (χ1v) is 7.36.